The maximum atomic E-state index is 8.70. The molecular weight excluding hydrogens is 259 g/mol. The molecule has 0 radical (unpaired) electrons. The Hall–Kier alpha value is -0.950. The summed E-state index contributed by atoms with van der Waals surface area (Å²) in [7, 11) is 3.82. The molecule has 0 spiro atoms. The molecule has 3 nitrogen and oxygen atoms in total. The maximum Gasteiger partial charge on any atom is 0.138 e. The van der Waals surface area contributed by atoms with Crippen LogP contribution in [0.5, 0.6) is 5.75 Å². The van der Waals surface area contributed by atoms with Crippen molar-refractivity contribution in [3.63, 3.8) is 0 Å². The van der Waals surface area contributed by atoms with Crippen LogP contribution in [0.2, 0.25) is 10.0 Å². The minimum Gasteiger partial charge on any atom is -0.490 e. The average molecular weight is 273 g/mol. The average Bonchev–Trinajstić information content (AvgIpc) is 2.25. The number of hydrogen-bond acceptors (Lipinski definition) is 3. The van der Waals surface area contributed by atoms with Gasteiger partial charge in [-0.05, 0) is 32.3 Å². The molecule has 1 aromatic rings. The van der Waals surface area contributed by atoms with Crippen molar-refractivity contribution in [3.8, 4) is 11.8 Å². The predicted octanol–water partition coefficient (Wildman–Crippen LogP) is 3.22. The van der Waals surface area contributed by atoms with Crippen LogP contribution in [0.4, 0.5) is 0 Å². The molecule has 0 aromatic heterocycles. The van der Waals surface area contributed by atoms with Gasteiger partial charge in [0, 0.05) is 5.02 Å². The van der Waals surface area contributed by atoms with Crippen LogP contribution < -0.4 is 4.74 Å². The standard InChI is InChI=1S/C12H14Cl2N2O/c1-16(2)10(5-6-15)8-17-12-4-3-9(13)7-11(12)14/h3-4,7,10H,5,8H2,1-2H3. The van der Waals surface area contributed by atoms with Crippen molar-refractivity contribution in [3.05, 3.63) is 28.2 Å². The molecule has 0 heterocycles. The lowest BCUT2D eigenvalue weighted by atomic mass is 10.2. The summed E-state index contributed by atoms with van der Waals surface area (Å²) in [4.78, 5) is 1.95. The predicted molar refractivity (Wildman–Crippen MR) is 69.7 cm³/mol. The number of rotatable bonds is 5. The largest absolute Gasteiger partial charge is 0.490 e. The van der Waals surface area contributed by atoms with Gasteiger partial charge >= 0.3 is 0 Å². The molecule has 0 saturated carbocycles. The Morgan fingerprint density at radius 3 is 2.65 bits per heavy atom. The third-order valence-electron chi connectivity index (χ3n) is 2.38. The summed E-state index contributed by atoms with van der Waals surface area (Å²) in [5.41, 5.74) is 0. The minimum atomic E-state index is 0.0479. The molecule has 17 heavy (non-hydrogen) atoms. The van der Waals surface area contributed by atoms with Crippen LogP contribution >= 0.6 is 23.2 Å². The Kier molecular flexibility index (Phi) is 5.57. The van der Waals surface area contributed by atoms with E-state index in [0.717, 1.165) is 0 Å². The first-order chi connectivity index (χ1) is 8.04. The van der Waals surface area contributed by atoms with Crippen LogP contribution in [0.15, 0.2) is 18.2 Å². The first kappa shape index (κ1) is 14.1. The fraction of sp³-hybridized carbons (Fsp3) is 0.417. The van der Waals surface area contributed by atoms with Gasteiger partial charge in [0.15, 0.2) is 0 Å². The van der Waals surface area contributed by atoms with Crippen LogP contribution in [0, 0.1) is 11.3 Å². The zero-order valence-corrected chi connectivity index (χ0v) is 11.3. The van der Waals surface area contributed by atoms with Crippen molar-refractivity contribution in [2.24, 2.45) is 0 Å². The zero-order valence-electron chi connectivity index (χ0n) is 9.78. The number of nitrogens with zero attached hydrogens (tertiary/aromatic N) is 2. The van der Waals surface area contributed by atoms with Crippen molar-refractivity contribution in [2.45, 2.75) is 12.5 Å². The number of benzene rings is 1. The zero-order chi connectivity index (χ0) is 12.8. The molecule has 0 saturated heterocycles. The van der Waals surface area contributed by atoms with Crippen LogP contribution in [0.25, 0.3) is 0 Å². The van der Waals surface area contributed by atoms with Crippen molar-refractivity contribution >= 4 is 23.2 Å². The molecule has 1 rings (SSSR count). The molecule has 0 N–H and O–H groups in total. The van der Waals surface area contributed by atoms with E-state index in [9.17, 15) is 0 Å². The highest BCUT2D eigenvalue weighted by Crippen LogP contribution is 2.27. The molecule has 0 bridgehead atoms. The van der Waals surface area contributed by atoms with Gasteiger partial charge in [0.2, 0.25) is 0 Å². The summed E-state index contributed by atoms with van der Waals surface area (Å²) >= 11 is 11.8. The van der Waals surface area contributed by atoms with Crippen LogP contribution in [-0.2, 0) is 0 Å². The van der Waals surface area contributed by atoms with Crippen LogP contribution in [-0.4, -0.2) is 31.6 Å². The second kappa shape index (κ2) is 6.70. The highest BCUT2D eigenvalue weighted by molar-refractivity contribution is 6.35. The summed E-state index contributed by atoms with van der Waals surface area (Å²) in [5.74, 6) is 0.584. The van der Waals surface area contributed by atoms with Crippen molar-refractivity contribution in [2.75, 3.05) is 20.7 Å². The van der Waals surface area contributed by atoms with Crippen LogP contribution in [0.1, 0.15) is 6.42 Å². The van der Waals surface area contributed by atoms with E-state index in [-0.39, 0.29) is 6.04 Å². The molecule has 1 unspecified atom stereocenters. The van der Waals surface area contributed by atoms with Gasteiger partial charge in [-0.3, -0.25) is 0 Å². The fourth-order valence-electron chi connectivity index (χ4n) is 1.27. The van der Waals surface area contributed by atoms with E-state index in [1.54, 1.807) is 18.2 Å². The quantitative estimate of drug-likeness (QED) is 0.826. The number of hydrogen-bond donors (Lipinski definition) is 0. The molecule has 92 valence electrons. The van der Waals surface area contributed by atoms with E-state index in [0.29, 0.717) is 28.8 Å². The third-order valence-corrected chi connectivity index (χ3v) is 2.91. The van der Waals surface area contributed by atoms with Gasteiger partial charge in [-0.2, -0.15) is 5.26 Å². The van der Waals surface area contributed by atoms with Gasteiger partial charge in [0.1, 0.15) is 12.4 Å². The van der Waals surface area contributed by atoms with Crippen molar-refractivity contribution in [1.29, 1.82) is 5.26 Å². The molecule has 1 atom stereocenters. The highest BCUT2D eigenvalue weighted by Gasteiger charge is 2.12. The molecule has 5 heteroatoms. The fourth-order valence-corrected chi connectivity index (χ4v) is 1.74. The summed E-state index contributed by atoms with van der Waals surface area (Å²) in [5, 5.41) is 9.75. The van der Waals surface area contributed by atoms with E-state index in [2.05, 4.69) is 6.07 Å². The van der Waals surface area contributed by atoms with Crippen LogP contribution in [0.3, 0.4) is 0 Å². The summed E-state index contributed by atoms with van der Waals surface area (Å²) in [6, 6.07) is 7.26. The molecule has 0 amide bonds. The third kappa shape index (κ3) is 4.43. The smallest absolute Gasteiger partial charge is 0.138 e. The first-order valence-corrected chi connectivity index (χ1v) is 5.91. The molecule has 0 aliphatic carbocycles. The minimum absolute atomic E-state index is 0.0479. The van der Waals surface area contributed by atoms with Gasteiger partial charge in [-0.25, -0.2) is 0 Å². The Labute approximate surface area is 111 Å². The van der Waals surface area contributed by atoms with Crippen molar-refractivity contribution in [1.82, 2.24) is 4.90 Å². The van der Waals surface area contributed by atoms with E-state index < -0.39 is 0 Å². The molecule has 0 aliphatic heterocycles. The molecule has 0 aliphatic rings. The second-order valence-electron chi connectivity index (χ2n) is 3.87. The van der Waals surface area contributed by atoms with E-state index in [1.165, 1.54) is 0 Å². The topological polar surface area (TPSA) is 36.3 Å². The monoisotopic (exact) mass is 272 g/mol. The number of likely N-dealkylation sites (N-methyl/N-ethyl adjacent to an activating group) is 1. The Morgan fingerprint density at radius 1 is 1.41 bits per heavy atom. The second-order valence-corrected chi connectivity index (χ2v) is 4.71. The maximum absolute atomic E-state index is 8.70. The first-order valence-electron chi connectivity index (χ1n) is 5.16. The molecular formula is C12H14Cl2N2O. The summed E-state index contributed by atoms with van der Waals surface area (Å²) in [6.45, 7) is 0.419. The lowest BCUT2D eigenvalue weighted by molar-refractivity contribution is 0.188. The van der Waals surface area contributed by atoms with Gasteiger partial charge < -0.3 is 9.64 Å². The Morgan fingerprint density at radius 2 is 2.12 bits per heavy atom. The SMILES string of the molecule is CN(C)C(CC#N)COc1ccc(Cl)cc1Cl. The lowest BCUT2D eigenvalue weighted by Crippen LogP contribution is -2.33. The van der Waals surface area contributed by atoms with E-state index in [4.69, 9.17) is 33.2 Å². The number of nitriles is 1. The number of halogens is 2. The normalized spacial score (nSPS) is 12.2. The highest BCUT2D eigenvalue weighted by atomic mass is 35.5. The number of ether oxygens (including phenoxy) is 1. The molecule has 0 fully saturated rings. The summed E-state index contributed by atoms with van der Waals surface area (Å²) in [6.07, 6.45) is 0.415. The van der Waals surface area contributed by atoms with Gasteiger partial charge in [0.05, 0.1) is 23.6 Å². The Bertz CT molecular complexity index is 415. The van der Waals surface area contributed by atoms with Gasteiger partial charge in [-0.15, -0.1) is 0 Å². The van der Waals surface area contributed by atoms with Gasteiger partial charge in [-0.1, -0.05) is 23.2 Å². The van der Waals surface area contributed by atoms with Gasteiger partial charge in [0.25, 0.3) is 0 Å². The molecule has 1 aromatic carbocycles. The van der Waals surface area contributed by atoms with Crippen molar-refractivity contribution < 1.29 is 4.74 Å². The lowest BCUT2D eigenvalue weighted by Gasteiger charge is -2.22. The summed E-state index contributed by atoms with van der Waals surface area (Å²) < 4.78 is 5.58. The van der Waals surface area contributed by atoms with E-state index in [1.807, 2.05) is 19.0 Å². The Balaban J connectivity index is 2.62. The van der Waals surface area contributed by atoms with E-state index >= 15 is 0 Å².